The second-order valence-corrected chi connectivity index (χ2v) is 7.57. The Morgan fingerprint density at radius 3 is 2.48 bits per heavy atom. The van der Waals surface area contributed by atoms with Gasteiger partial charge in [-0.15, -0.1) is 0 Å². The molecule has 2 N–H and O–H groups in total. The van der Waals surface area contributed by atoms with Crippen LogP contribution in [0.1, 0.15) is 36.7 Å². The minimum Gasteiger partial charge on any atom is -0.347 e. The molecule has 0 saturated carbocycles. The van der Waals surface area contributed by atoms with Crippen LogP contribution in [-0.2, 0) is 0 Å². The van der Waals surface area contributed by atoms with Crippen LogP contribution >= 0.6 is 0 Å². The molecule has 2 aromatic carbocycles. The zero-order valence-corrected chi connectivity index (χ0v) is 16.1. The molecule has 5 nitrogen and oxygen atoms in total. The molecule has 1 heterocycles. The fourth-order valence-electron chi connectivity index (χ4n) is 2.69. The molecule has 27 heavy (non-hydrogen) atoms. The Morgan fingerprint density at radius 2 is 1.74 bits per heavy atom. The van der Waals surface area contributed by atoms with Gasteiger partial charge < -0.3 is 10.6 Å². The zero-order chi connectivity index (χ0) is 19.4. The fraction of sp³-hybridized carbons (Fsp3) is 0.227. The van der Waals surface area contributed by atoms with E-state index in [-0.39, 0.29) is 11.4 Å². The number of amides is 1. The molecular formula is C22H24N4O. The number of aromatic nitrogens is 2. The van der Waals surface area contributed by atoms with Gasteiger partial charge in [0.1, 0.15) is 12.1 Å². The predicted molar refractivity (Wildman–Crippen MR) is 109 cm³/mol. The second-order valence-electron chi connectivity index (χ2n) is 7.57. The van der Waals surface area contributed by atoms with Gasteiger partial charge in [-0.25, -0.2) is 9.97 Å². The highest BCUT2D eigenvalue weighted by Crippen LogP contribution is 2.22. The van der Waals surface area contributed by atoms with Crippen molar-refractivity contribution < 1.29 is 4.79 Å². The van der Waals surface area contributed by atoms with E-state index in [1.54, 1.807) is 6.07 Å². The Morgan fingerprint density at radius 1 is 0.963 bits per heavy atom. The van der Waals surface area contributed by atoms with Gasteiger partial charge in [0.15, 0.2) is 0 Å². The third kappa shape index (κ3) is 5.14. The Balaban J connectivity index is 1.81. The molecule has 0 spiro atoms. The van der Waals surface area contributed by atoms with E-state index in [2.05, 4.69) is 39.7 Å². The molecule has 0 saturated heterocycles. The van der Waals surface area contributed by atoms with Crippen molar-refractivity contribution in [1.82, 2.24) is 15.3 Å². The van der Waals surface area contributed by atoms with Gasteiger partial charge in [-0.1, -0.05) is 29.8 Å². The summed E-state index contributed by atoms with van der Waals surface area (Å²) in [7, 11) is 0. The topological polar surface area (TPSA) is 66.9 Å². The molecular weight excluding hydrogens is 336 g/mol. The standard InChI is InChI=1S/C22H24N4O/c1-15-7-5-8-16(11-15)19-13-20(24-14-23-19)25-18-10-6-9-17(12-18)21(27)26-22(2,3)4/h5-14H,1-4H3,(H,26,27)(H,23,24,25). The van der Waals surface area contributed by atoms with Crippen molar-refractivity contribution in [3.8, 4) is 11.3 Å². The lowest BCUT2D eigenvalue weighted by molar-refractivity contribution is 0.0919. The van der Waals surface area contributed by atoms with Crippen LogP contribution in [0.25, 0.3) is 11.3 Å². The Labute approximate surface area is 159 Å². The lowest BCUT2D eigenvalue weighted by Crippen LogP contribution is -2.40. The molecule has 138 valence electrons. The SMILES string of the molecule is Cc1cccc(-c2cc(Nc3cccc(C(=O)NC(C)(C)C)c3)ncn2)c1. The first-order valence-electron chi connectivity index (χ1n) is 8.89. The number of rotatable bonds is 4. The first-order chi connectivity index (χ1) is 12.8. The molecule has 1 aromatic heterocycles. The smallest absolute Gasteiger partial charge is 0.251 e. The Kier molecular flexibility index (Phi) is 5.21. The molecule has 0 fully saturated rings. The van der Waals surface area contributed by atoms with E-state index >= 15 is 0 Å². The van der Waals surface area contributed by atoms with Crippen LogP contribution in [0.4, 0.5) is 11.5 Å². The number of hydrogen-bond acceptors (Lipinski definition) is 4. The van der Waals surface area contributed by atoms with Crippen LogP contribution < -0.4 is 10.6 Å². The summed E-state index contributed by atoms with van der Waals surface area (Å²) in [4.78, 5) is 21.0. The first kappa shape index (κ1) is 18.6. The molecule has 0 aliphatic carbocycles. The van der Waals surface area contributed by atoms with E-state index in [9.17, 15) is 4.79 Å². The van der Waals surface area contributed by atoms with Crippen LogP contribution in [-0.4, -0.2) is 21.4 Å². The number of aryl methyl sites for hydroxylation is 1. The van der Waals surface area contributed by atoms with Crippen LogP contribution in [0.3, 0.4) is 0 Å². The molecule has 5 heteroatoms. The van der Waals surface area contributed by atoms with E-state index in [4.69, 9.17) is 0 Å². The number of hydrogen-bond donors (Lipinski definition) is 2. The summed E-state index contributed by atoms with van der Waals surface area (Å²) < 4.78 is 0. The normalized spacial score (nSPS) is 11.1. The van der Waals surface area contributed by atoms with Crippen molar-refractivity contribution in [3.05, 3.63) is 72.1 Å². The largest absolute Gasteiger partial charge is 0.347 e. The third-order valence-corrected chi connectivity index (χ3v) is 3.87. The lowest BCUT2D eigenvalue weighted by atomic mass is 10.1. The molecule has 3 aromatic rings. The molecule has 0 unspecified atom stereocenters. The molecule has 0 atom stereocenters. The van der Waals surface area contributed by atoms with Crippen LogP contribution in [0.15, 0.2) is 60.9 Å². The first-order valence-corrected chi connectivity index (χ1v) is 8.89. The van der Waals surface area contributed by atoms with Crippen LogP contribution in [0.5, 0.6) is 0 Å². The summed E-state index contributed by atoms with van der Waals surface area (Å²) in [6.07, 6.45) is 1.54. The van der Waals surface area contributed by atoms with E-state index in [1.165, 1.54) is 11.9 Å². The minimum atomic E-state index is -0.282. The second kappa shape index (κ2) is 7.58. The molecule has 3 rings (SSSR count). The van der Waals surface area contributed by atoms with Crippen LogP contribution in [0, 0.1) is 6.92 Å². The van der Waals surface area contributed by atoms with Gasteiger partial charge in [0, 0.05) is 28.4 Å². The predicted octanol–water partition coefficient (Wildman–Crippen LogP) is 4.72. The molecule has 1 amide bonds. The quantitative estimate of drug-likeness (QED) is 0.706. The Hall–Kier alpha value is -3.21. The molecule has 0 aliphatic rings. The summed E-state index contributed by atoms with van der Waals surface area (Å²) in [6.45, 7) is 7.93. The summed E-state index contributed by atoms with van der Waals surface area (Å²) in [5.74, 6) is 0.573. The number of carbonyl (C=O) groups excluding carboxylic acids is 1. The Bertz CT molecular complexity index is 960. The minimum absolute atomic E-state index is 0.103. The van der Waals surface area contributed by atoms with Crippen LogP contribution in [0.2, 0.25) is 0 Å². The number of nitrogens with one attached hydrogen (secondary N) is 2. The van der Waals surface area contributed by atoms with Crippen molar-refractivity contribution in [3.63, 3.8) is 0 Å². The summed E-state index contributed by atoms with van der Waals surface area (Å²) in [5, 5.41) is 6.23. The van der Waals surface area contributed by atoms with Crippen molar-refractivity contribution in [2.75, 3.05) is 5.32 Å². The number of benzene rings is 2. The van der Waals surface area contributed by atoms with Gasteiger partial charge in [0.25, 0.3) is 5.91 Å². The van der Waals surface area contributed by atoms with Crippen molar-refractivity contribution in [2.45, 2.75) is 33.2 Å². The summed E-state index contributed by atoms with van der Waals surface area (Å²) in [5.41, 5.74) is 4.18. The highest BCUT2D eigenvalue weighted by Gasteiger charge is 2.15. The highest BCUT2D eigenvalue weighted by molar-refractivity contribution is 5.95. The van der Waals surface area contributed by atoms with Gasteiger partial charge >= 0.3 is 0 Å². The maximum absolute atomic E-state index is 12.4. The van der Waals surface area contributed by atoms with E-state index < -0.39 is 0 Å². The maximum Gasteiger partial charge on any atom is 0.251 e. The van der Waals surface area contributed by atoms with E-state index in [1.807, 2.05) is 57.2 Å². The average molecular weight is 360 g/mol. The monoisotopic (exact) mass is 360 g/mol. The third-order valence-electron chi connectivity index (χ3n) is 3.87. The molecule has 0 radical (unpaired) electrons. The van der Waals surface area contributed by atoms with Crippen molar-refractivity contribution in [2.24, 2.45) is 0 Å². The fourth-order valence-corrected chi connectivity index (χ4v) is 2.69. The van der Waals surface area contributed by atoms with Crippen molar-refractivity contribution in [1.29, 1.82) is 0 Å². The summed E-state index contributed by atoms with van der Waals surface area (Å²) in [6, 6.07) is 17.4. The van der Waals surface area contributed by atoms with E-state index in [0.717, 1.165) is 16.9 Å². The highest BCUT2D eigenvalue weighted by atomic mass is 16.1. The number of nitrogens with zero attached hydrogens (tertiary/aromatic N) is 2. The van der Waals surface area contributed by atoms with Crippen molar-refractivity contribution >= 4 is 17.4 Å². The molecule has 0 bridgehead atoms. The van der Waals surface area contributed by atoms with E-state index in [0.29, 0.717) is 11.4 Å². The maximum atomic E-state index is 12.4. The van der Waals surface area contributed by atoms with Gasteiger partial charge in [0.05, 0.1) is 5.69 Å². The zero-order valence-electron chi connectivity index (χ0n) is 16.1. The molecule has 0 aliphatic heterocycles. The number of carbonyl (C=O) groups is 1. The lowest BCUT2D eigenvalue weighted by Gasteiger charge is -2.20. The number of anilines is 2. The average Bonchev–Trinajstić information content (AvgIpc) is 2.61. The summed E-state index contributed by atoms with van der Waals surface area (Å²) >= 11 is 0. The van der Waals surface area contributed by atoms with Gasteiger partial charge in [-0.3, -0.25) is 4.79 Å². The van der Waals surface area contributed by atoms with Gasteiger partial charge in [-0.05, 0) is 52.0 Å². The van der Waals surface area contributed by atoms with Gasteiger partial charge in [0.2, 0.25) is 0 Å². The van der Waals surface area contributed by atoms with Gasteiger partial charge in [-0.2, -0.15) is 0 Å².